The zero-order valence-corrected chi connectivity index (χ0v) is 24.4. The lowest BCUT2D eigenvalue weighted by Crippen LogP contribution is -2.38. The third kappa shape index (κ3) is 9.11. The minimum absolute atomic E-state index is 0.0488. The number of aryl methyl sites for hydroxylation is 1. The van der Waals surface area contributed by atoms with E-state index in [4.69, 9.17) is 0 Å². The Morgan fingerprint density at radius 1 is 0.957 bits per heavy atom. The fourth-order valence-electron chi connectivity index (χ4n) is 5.69. The summed E-state index contributed by atoms with van der Waals surface area (Å²) in [6, 6.07) is 0.385. The van der Waals surface area contributed by atoms with Gasteiger partial charge in [0, 0.05) is 25.3 Å². The summed E-state index contributed by atoms with van der Waals surface area (Å²) in [5.41, 5.74) is 1.04. The van der Waals surface area contributed by atoms with Crippen molar-refractivity contribution in [3.8, 4) is 0 Å². The first-order chi connectivity index (χ1) is 21.6. The minimum atomic E-state index is -4.49. The van der Waals surface area contributed by atoms with Gasteiger partial charge in [-0.15, -0.1) is 5.10 Å². The number of hydrogen-bond acceptors (Lipinski definition) is 6. The number of amides is 2. The van der Waals surface area contributed by atoms with Crippen molar-refractivity contribution in [3.63, 3.8) is 0 Å². The number of alkyl halides is 8. The maximum atomic E-state index is 14.0. The quantitative estimate of drug-likeness (QED) is 0.252. The van der Waals surface area contributed by atoms with E-state index in [2.05, 4.69) is 31.0 Å². The monoisotopic (exact) mass is 664 g/mol. The highest BCUT2D eigenvalue weighted by molar-refractivity contribution is 5.92. The predicted octanol–water partition coefficient (Wildman–Crippen LogP) is 5.35. The molecule has 0 saturated heterocycles. The molecule has 0 spiro atoms. The molecular formula is C28H32F8N8O2. The maximum absolute atomic E-state index is 14.0. The zero-order chi connectivity index (χ0) is 33.3. The van der Waals surface area contributed by atoms with Crippen LogP contribution in [-0.4, -0.2) is 65.7 Å². The largest absolute Gasteiger partial charge is 0.390 e. The molecule has 2 aliphatic rings. The zero-order valence-electron chi connectivity index (χ0n) is 24.4. The Morgan fingerprint density at radius 3 is 2.30 bits per heavy atom. The van der Waals surface area contributed by atoms with Crippen molar-refractivity contribution >= 4 is 17.5 Å². The van der Waals surface area contributed by atoms with E-state index in [1.807, 2.05) is 0 Å². The lowest BCUT2D eigenvalue weighted by Gasteiger charge is -2.33. The Bertz CT molecular complexity index is 1520. The number of carbonyl (C=O) groups excluding carboxylic acids is 2. The molecule has 5 rings (SSSR count). The van der Waals surface area contributed by atoms with E-state index in [0.29, 0.717) is 23.3 Å². The predicted molar refractivity (Wildman–Crippen MR) is 144 cm³/mol. The van der Waals surface area contributed by atoms with Gasteiger partial charge in [0.2, 0.25) is 11.8 Å². The van der Waals surface area contributed by atoms with Crippen LogP contribution in [0.15, 0.2) is 24.7 Å². The SMILES string of the molecule is O=C(CCC(F)(F)F)N[C@@H](Cc1cnn2cc([C@@H](NC(=O)c3cnnn3CCC(F)(F)F)C3CCC(F)(F)CC3)nc2c1)C1CC1. The van der Waals surface area contributed by atoms with E-state index in [9.17, 15) is 44.7 Å². The number of rotatable bonds is 12. The smallest absolute Gasteiger partial charge is 0.353 e. The van der Waals surface area contributed by atoms with E-state index in [1.165, 1.54) is 16.9 Å². The van der Waals surface area contributed by atoms with Gasteiger partial charge in [-0.1, -0.05) is 5.21 Å². The highest BCUT2D eigenvalue weighted by Gasteiger charge is 2.40. The Kier molecular flexibility index (Phi) is 9.54. The molecule has 2 aliphatic carbocycles. The third-order valence-corrected chi connectivity index (χ3v) is 8.32. The number of nitrogens with one attached hydrogen (secondary N) is 2. The Hall–Kier alpha value is -3.86. The summed E-state index contributed by atoms with van der Waals surface area (Å²) in [7, 11) is 0. The average molecular weight is 665 g/mol. The molecule has 18 heteroatoms. The molecule has 2 atom stereocenters. The van der Waals surface area contributed by atoms with Gasteiger partial charge in [-0.25, -0.2) is 23.0 Å². The molecule has 3 aromatic rings. The van der Waals surface area contributed by atoms with Crippen LogP contribution in [-0.2, 0) is 17.8 Å². The summed E-state index contributed by atoms with van der Waals surface area (Å²) in [6.07, 6.45) is -6.80. The van der Waals surface area contributed by atoms with Crippen LogP contribution in [0.1, 0.15) is 85.6 Å². The highest BCUT2D eigenvalue weighted by Crippen LogP contribution is 2.41. The van der Waals surface area contributed by atoms with Gasteiger partial charge in [0.1, 0.15) is 5.69 Å². The van der Waals surface area contributed by atoms with Gasteiger partial charge < -0.3 is 10.6 Å². The fraction of sp³-hybridized carbons (Fsp3) is 0.643. The molecule has 2 N–H and O–H groups in total. The summed E-state index contributed by atoms with van der Waals surface area (Å²) in [6.45, 7) is -0.641. The molecule has 3 aromatic heterocycles. The lowest BCUT2D eigenvalue weighted by atomic mass is 9.81. The van der Waals surface area contributed by atoms with Crippen LogP contribution in [0, 0.1) is 11.8 Å². The molecule has 0 unspecified atom stereocenters. The number of imidazole rings is 1. The lowest BCUT2D eigenvalue weighted by molar-refractivity contribution is -0.144. The van der Waals surface area contributed by atoms with E-state index in [-0.39, 0.29) is 24.5 Å². The molecule has 2 fully saturated rings. The van der Waals surface area contributed by atoms with Crippen molar-refractivity contribution in [1.29, 1.82) is 0 Å². The first-order valence-corrected chi connectivity index (χ1v) is 14.9. The number of nitrogens with zero attached hydrogens (tertiary/aromatic N) is 6. The first-order valence-electron chi connectivity index (χ1n) is 14.9. The Labute approximate surface area is 257 Å². The van der Waals surface area contributed by atoms with Crippen LogP contribution >= 0.6 is 0 Å². The van der Waals surface area contributed by atoms with E-state index in [1.54, 1.807) is 6.07 Å². The number of aromatic nitrogens is 6. The Morgan fingerprint density at radius 2 is 1.65 bits per heavy atom. The van der Waals surface area contributed by atoms with Gasteiger partial charge in [-0.3, -0.25) is 9.59 Å². The molecule has 3 heterocycles. The highest BCUT2D eigenvalue weighted by atomic mass is 19.4. The molecule has 2 saturated carbocycles. The van der Waals surface area contributed by atoms with Crippen molar-refractivity contribution in [2.24, 2.45) is 11.8 Å². The topological polar surface area (TPSA) is 119 Å². The third-order valence-electron chi connectivity index (χ3n) is 8.32. The summed E-state index contributed by atoms with van der Waals surface area (Å²) in [5, 5.41) is 16.9. The minimum Gasteiger partial charge on any atom is -0.353 e. The first kappa shape index (κ1) is 33.5. The van der Waals surface area contributed by atoms with Crippen LogP contribution in [0.4, 0.5) is 35.1 Å². The number of fused-ring (bicyclic) bond motifs is 1. The summed E-state index contributed by atoms with van der Waals surface area (Å²) >= 11 is 0. The van der Waals surface area contributed by atoms with Crippen LogP contribution in [0.3, 0.4) is 0 Å². The van der Waals surface area contributed by atoms with Crippen molar-refractivity contribution < 1.29 is 44.7 Å². The number of halogens is 8. The van der Waals surface area contributed by atoms with Crippen LogP contribution in [0.2, 0.25) is 0 Å². The van der Waals surface area contributed by atoms with Crippen molar-refractivity contribution in [3.05, 3.63) is 41.6 Å². The molecule has 0 bridgehead atoms. The number of hydrogen-bond donors (Lipinski definition) is 2. The van der Waals surface area contributed by atoms with Gasteiger partial charge in [-0.05, 0) is 55.6 Å². The normalized spacial score (nSPS) is 18.8. The fourth-order valence-corrected chi connectivity index (χ4v) is 5.69. The van der Waals surface area contributed by atoms with Crippen LogP contribution in [0.25, 0.3) is 5.65 Å². The molecule has 0 aromatic carbocycles. The molecule has 0 aliphatic heterocycles. The average Bonchev–Trinajstić information content (AvgIpc) is 3.55. The van der Waals surface area contributed by atoms with Gasteiger partial charge in [-0.2, -0.15) is 31.4 Å². The van der Waals surface area contributed by atoms with Gasteiger partial charge >= 0.3 is 12.4 Å². The molecular weight excluding hydrogens is 632 g/mol. The number of carbonyl (C=O) groups is 2. The van der Waals surface area contributed by atoms with Gasteiger partial charge in [0.05, 0.1) is 49.7 Å². The second-order valence-corrected chi connectivity index (χ2v) is 12.0. The maximum Gasteiger partial charge on any atom is 0.390 e. The van der Waals surface area contributed by atoms with Crippen LogP contribution < -0.4 is 10.6 Å². The molecule has 0 radical (unpaired) electrons. The van der Waals surface area contributed by atoms with Crippen molar-refractivity contribution in [1.82, 2.24) is 40.2 Å². The van der Waals surface area contributed by atoms with E-state index in [0.717, 1.165) is 23.7 Å². The van der Waals surface area contributed by atoms with Crippen molar-refractivity contribution in [2.45, 2.75) is 101 Å². The Balaban J connectivity index is 1.34. The standard InChI is InChI=1S/C28H32F8N8O2/c29-26(30)6-3-18(4-7-26)24(41-25(46)21-14-37-42-43(21)10-9-28(34,35)36)20-15-44-22(39-20)12-16(13-38-44)11-19(17-1-2-17)40-23(45)5-8-27(31,32)33/h12-15,17-19,24H,1-11H2,(H,40,45)(H,41,46)/t19-,24-/m0/s1. The van der Waals surface area contributed by atoms with Crippen LogP contribution in [0.5, 0.6) is 0 Å². The summed E-state index contributed by atoms with van der Waals surface area (Å²) in [4.78, 5) is 30.1. The van der Waals surface area contributed by atoms with Crippen molar-refractivity contribution in [2.75, 3.05) is 0 Å². The van der Waals surface area contributed by atoms with Gasteiger partial charge in [0.15, 0.2) is 5.65 Å². The summed E-state index contributed by atoms with van der Waals surface area (Å²) in [5.74, 6) is -4.71. The molecule has 10 nitrogen and oxygen atoms in total. The second kappa shape index (κ2) is 13.1. The van der Waals surface area contributed by atoms with E-state index >= 15 is 0 Å². The molecule has 46 heavy (non-hydrogen) atoms. The van der Waals surface area contributed by atoms with Gasteiger partial charge in [0.25, 0.3) is 5.91 Å². The molecule has 2 amide bonds. The molecule has 252 valence electrons. The summed E-state index contributed by atoms with van der Waals surface area (Å²) < 4.78 is 106. The second-order valence-electron chi connectivity index (χ2n) is 12.0. The van der Waals surface area contributed by atoms with E-state index < -0.39 is 86.7 Å².